The average molecular weight is 254 g/mol. The van der Waals surface area contributed by atoms with E-state index in [2.05, 4.69) is 22.4 Å². The second-order valence-electron chi connectivity index (χ2n) is 3.66. The predicted molar refractivity (Wildman–Crippen MR) is 69.1 cm³/mol. The predicted octanol–water partition coefficient (Wildman–Crippen LogP) is 2.58. The van der Waals surface area contributed by atoms with Gasteiger partial charge >= 0.3 is 0 Å². The van der Waals surface area contributed by atoms with E-state index < -0.39 is 0 Å². The van der Waals surface area contributed by atoms with E-state index in [-0.39, 0.29) is 12.4 Å². The van der Waals surface area contributed by atoms with Crippen LogP contribution < -0.4 is 5.32 Å². The normalized spacial score (nSPS) is 10.0. The third-order valence-corrected chi connectivity index (χ3v) is 2.30. The van der Waals surface area contributed by atoms with Gasteiger partial charge in [-0.05, 0) is 13.5 Å². The minimum atomic E-state index is 0. The third-order valence-electron chi connectivity index (χ3n) is 2.30. The van der Waals surface area contributed by atoms with Crippen LogP contribution in [0, 0.1) is 6.92 Å². The molecule has 0 fully saturated rings. The Bertz CT molecular complexity index is 453. The van der Waals surface area contributed by atoms with Crippen LogP contribution in [-0.2, 0) is 6.54 Å². The van der Waals surface area contributed by atoms with Gasteiger partial charge in [0.25, 0.3) is 0 Å². The monoisotopic (exact) mass is 253 g/mol. The summed E-state index contributed by atoms with van der Waals surface area (Å²) in [6.45, 7) is 5.60. The fourth-order valence-electron chi connectivity index (χ4n) is 1.38. The number of aromatic nitrogens is 2. The van der Waals surface area contributed by atoms with Crippen LogP contribution in [0.15, 0.2) is 28.8 Å². The third kappa shape index (κ3) is 3.54. The van der Waals surface area contributed by atoms with E-state index in [1.54, 1.807) is 0 Å². The Hall–Kier alpha value is -1.39. The maximum atomic E-state index is 5.13. The van der Waals surface area contributed by atoms with E-state index in [0.29, 0.717) is 18.3 Å². The van der Waals surface area contributed by atoms with Gasteiger partial charge in [-0.1, -0.05) is 41.9 Å². The van der Waals surface area contributed by atoms with Crippen molar-refractivity contribution in [2.24, 2.45) is 0 Å². The van der Waals surface area contributed by atoms with E-state index in [0.717, 1.165) is 12.1 Å². The highest BCUT2D eigenvalue weighted by atomic mass is 35.5. The number of hydrogen-bond donors (Lipinski definition) is 1. The highest BCUT2D eigenvalue weighted by Gasteiger charge is 2.07. The Balaban J connectivity index is 0.00000144. The summed E-state index contributed by atoms with van der Waals surface area (Å²) in [6, 6.07) is 8.07. The summed E-state index contributed by atoms with van der Waals surface area (Å²) in [6.07, 6.45) is 0. The van der Waals surface area contributed by atoms with Crippen LogP contribution in [0.1, 0.15) is 18.4 Å². The van der Waals surface area contributed by atoms with Gasteiger partial charge in [0.1, 0.15) is 0 Å². The van der Waals surface area contributed by atoms with Crippen molar-refractivity contribution >= 4 is 12.4 Å². The lowest BCUT2D eigenvalue weighted by atomic mass is 10.1. The van der Waals surface area contributed by atoms with Gasteiger partial charge < -0.3 is 9.84 Å². The Morgan fingerprint density at radius 2 is 1.94 bits per heavy atom. The van der Waals surface area contributed by atoms with Crippen LogP contribution >= 0.6 is 12.4 Å². The van der Waals surface area contributed by atoms with E-state index in [1.165, 1.54) is 5.56 Å². The van der Waals surface area contributed by atoms with E-state index in [9.17, 15) is 0 Å². The Morgan fingerprint density at radius 1 is 1.24 bits per heavy atom. The quantitative estimate of drug-likeness (QED) is 0.910. The Kier molecular flexibility index (Phi) is 5.12. The maximum absolute atomic E-state index is 5.13. The topological polar surface area (TPSA) is 51.0 Å². The fourth-order valence-corrected chi connectivity index (χ4v) is 1.38. The second-order valence-corrected chi connectivity index (χ2v) is 3.66. The molecule has 1 aromatic carbocycles. The van der Waals surface area contributed by atoms with Crippen LogP contribution in [0.2, 0.25) is 0 Å². The van der Waals surface area contributed by atoms with Crippen molar-refractivity contribution in [2.45, 2.75) is 20.4 Å². The number of halogens is 1. The summed E-state index contributed by atoms with van der Waals surface area (Å²) in [4.78, 5) is 4.31. The lowest BCUT2D eigenvalue weighted by Crippen LogP contribution is -2.11. The second kappa shape index (κ2) is 6.37. The summed E-state index contributed by atoms with van der Waals surface area (Å²) < 4.78 is 5.13. The smallest absolute Gasteiger partial charge is 0.240 e. The average Bonchev–Trinajstić information content (AvgIpc) is 2.76. The van der Waals surface area contributed by atoms with Gasteiger partial charge in [0.05, 0.1) is 6.54 Å². The molecule has 2 rings (SSSR count). The van der Waals surface area contributed by atoms with Gasteiger partial charge in [-0.25, -0.2) is 0 Å². The first-order valence-corrected chi connectivity index (χ1v) is 5.40. The zero-order chi connectivity index (χ0) is 11.4. The van der Waals surface area contributed by atoms with Gasteiger partial charge in [0.15, 0.2) is 0 Å². The number of aryl methyl sites for hydroxylation is 1. The van der Waals surface area contributed by atoms with Crippen LogP contribution in [0.3, 0.4) is 0 Å². The van der Waals surface area contributed by atoms with Crippen molar-refractivity contribution in [2.75, 3.05) is 6.54 Å². The molecule has 0 aliphatic rings. The van der Waals surface area contributed by atoms with Crippen molar-refractivity contribution in [3.63, 3.8) is 0 Å². The zero-order valence-corrected chi connectivity index (χ0v) is 10.8. The van der Waals surface area contributed by atoms with Crippen molar-refractivity contribution in [1.82, 2.24) is 15.5 Å². The summed E-state index contributed by atoms with van der Waals surface area (Å²) in [5, 5.41) is 7.09. The van der Waals surface area contributed by atoms with Crippen LogP contribution in [0.4, 0.5) is 0 Å². The molecule has 1 aromatic heterocycles. The van der Waals surface area contributed by atoms with Crippen LogP contribution in [-0.4, -0.2) is 16.7 Å². The SMILES string of the molecule is CCNCc1nc(-c2ccc(C)cc2)no1.Cl. The molecule has 0 atom stereocenters. The molecular weight excluding hydrogens is 238 g/mol. The number of nitrogens with zero attached hydrogens (tertiary/aromatic N) is 2. The molecule has 2 aromatic rings. The highest BCUT2D eigenvalue weighted by molar-refractivity contribution is 5.85. The lowest BCUT2D eigenvalue weighted by Gasteiger charge is -1.94. The van der Waals surface area contributed by atoms with E-state index >= 15 is 0 Å². The Morgan fingerprint density at radius 3 is 2.59 bits per heavy atom. The van der Waals surface area contributed by atoms with Crippen molar-refractivity contribution in [3.05, 3.63) is 35.7 Å². The van der Waals surface area contributed by atoms with Crippen molar-refractivity contribution in [3.8, 4) is 11.4 Å². The molecule has 92 valence electrons. The summed E-state index contributed by atoms with van der Waals surface area (Å²) in [7, 11) is 0. The molecule has 1 heterocycles. The molecule has 17 heavy (non-hydrogen) atoms. The van der Waals surface area contributed by atoms with Gasteiger partial charge in [0, 0.05) is 5.56 Å². The first-order chi connectivity index (χ1) is 7.79. The van der Waals surface area contributed by atoms with Gasteiger partial charge in [-0.3, -0.25) is 0 Å². The van der Waals surface area contributed by atoms with Crippen LogP contribution in [0.25, 0.3) is 11.4 Å². The standard InChI is InChI=1S/C12H15N3O.ClH/c1-3-13-8-11-14-12(15-16-11)10-6-4-9(2)5-7-10;/h4-7,13H,3,8H2,1-2H3;1H. The number of rotatable bonds is 4. The first-order valence-electron chi connectivity index (χ1n) is 5.40. The van der Waals surface area contributed by atoms with Crippen molar-refractivity contribution < 1.29 is 4.52 Å². The number of nitrogens with one attached hydrogen (secondary N) is 1. The minimum absolute atomic E-state index is 0. The molecule has 5 heteroatoms. The fraction of sp³-hybridized carbons (Fsp3) is 0.333. The summed E-state index contributed by atoms with van der Waals surface area (Å²) in [5.74, 6) is 1.27. The molecular formula is C12H16ClN3O. The molecule has 0 spiro atoms. The lowest BCUT2D eigenvalue weighted by molar-refractivity contribution is 0.369. The maximum Gasteiger partial charge on any atom is 0.240 e. The molecule has 0 saturated carbocycles. The molecule has 0 amide bonds. The molecule has 0 aliphatic carbocycles. The first kappa shape index (κ1) is 13.7. The largest absolute Gasteiger partial charge is 0.338 e. The minimum Gasteiger partial charge on any atom is -0.338 e. The summed E-state index contributed by atoms with van der Waals surface area (Å²) in [5.41, 5.74) is 2.21. The number of benzene rings is 1. The Labute approximate surface area is 107 Å². The number of hydrogen-bond acceptors (Lipinski definition) is 4. The molecule has 0 radical (unpaired) electrons. The summed E-state index contributed by atoms with van der Waals surface area (Å²) >= 11 is 0. The van der Waals surface area contributed by atoms with Crippen molar-refractivity contribution in [1.29, 1.82) is 0 Å². The molecule has 0 bridgehead atoms. The van der Waals surface area contributed by atoms with Gasteiger partial charge in [-0.15, -0.1) is 12.4 Å². The molecule has 0 aliphatic heterocycles. The molecule has 0 unspecified atom stereocenters. The zero-order valence-electron chi connectivity index (χ0n) is 9.93. The van der Waals surface area contributed by atoms with Gasteiger partial charge in [-0.2, -0.15) is 4.98 Å². The van der Waals surface area contributed by atoms with Gasteiger partial charge in [0.2, 0.25) is 11.7 Å². The molecule has 1 N–H and O–H groups in total. The molecule has 4 nitrogen and oxygen atoms in total. The highest BCUT2D eigenvalue weighted by Crippen LogP contribution is 2.15. The molecule has 0 saturated heterocycles. The van der Waals surface area contributed by atoms with E-state index in [1.807, 2.05) is 31.2 Å². The van der Waals surface area contributed by atoms with Crippen LogP contribution in [0.5, 0.6) is 0 Å². The van der Waals surface area contributed by atoms with E-state index in [4.69, 9.17) is 4.52 Å².